The lowest BCUT2D eigenvalue weighted by Crippen LogP contribution is -2.00. The molecule has 0 amide bonds. The monoisotopic (exact) mass is 319 g/mol. The van der Waals surface area contributed by atoms with Crippen LogP contribution in [0.25, 0.3) is 33.3 Å². The number of esters is 1. The van der Waals surface area contributed by atoms with Crippen molar-refractivity contribution in [2.24, 2.45) is 0 Å². The molecule has 1 aromatic heterocycles. The summed E-state index contributed by atoms with van der Waals surface area (Å²) < 4.78 is 10.5. The zero-order valence-corrected chi connectivity index (χ0v) is 12.8. The van der Waals surface area contributed by atoms with E-state index in [2.05, 4.69) is 4.98 Å². The van der Waals surface area contributed by atoms with E-state index in [0.29, 0.717) is 22.6 Å². The van der Waals surface area contributed by atoms with Gasteiger partial charge in [-0.1, -0.05) is 12.1 Å². The van der Waals surface area contributed by atoms with Crippen molar-refractivity contribution in [3.63, 3.8) is 0 Å². The lowest BCUT2D eigenvalue weighted by molar-refractivity contribution is 0.0601. The van der Waals surface area contributed by atoms with Crippen LogP contribution < -0.4 is 0 Å². The van der Waals surface area contributed by atoms with Crippen LogP contribution in [0.2, 0.25) is 0 Å². The summed E-state index contributed by atoms with van der Waals surface area (Å²) in [4.78, 5) is 16.1. The van der Waals surface area contributed by atoms with E-state index in [-0.39, 0.29) is 5.75 Å². The van der Waals surface area contributed by atoms with Crippen LogP contribution >= 0.6 is 0 Å². The van der Waals surface area contributed by atoms with Crippen LogP contribution in [0.4, 0.5) is 0 Å². The molecule has 3 aromatic carbocycles. The Labute approximate surface area is 137 Å². The van der Waals surface area contributed by atoms with Crippen molar-refractivity contribution >= 4 is 27.8 Å². The van der Waals surface area contributed by atoms with Gasteiger partial charge in [0.2, 0.25) is 5.89 Å². The molecule has 118 valence electrons. The maximum Gasteiger partial charge on any atom is 0.337 e. The summed E-state index contributed by atoms with van der Waals surface area (Å²) in [5.74, 6) is 0.293. The molecule has 1 N–H and O–H groups in total. The van der Waals surface area contributed by atoms with Crippen LogP contribution in [0.1, 0.15) is 10.4 Å². The first-order valence-corrected chi connectivity index (χ1v) is 7.36. The molecule has 0 fully saturated rings. The van der Waals surface area contributed by atoms with Gasteiger partial charge in [0.15, 0.2) is 5.58 Å². The molecule has 4 rings (SSSR count). The first-order chi connectivity index (χ1) is 11.6. The molecule has 0 bridgehead atoms. The topological polar surface area (TPSA) is 72.6 Å². The van der Waals surface area contributed by atoms with Crippen LogP contribution in [0, 0.1) is 0 Å². The Bertz CT molecular complexity index is 1080. The zero-order chi connectivity index (χ0) is 16.7. The Kier molecular flexibility index (Phi) is 3.20. The van der Waals surface area contributed by atoms with Crippen molar-refractivity contribution in [3.05, 3.63) is 60.2 Å². The highest BCUT2D eigenvalue weighted by Crippen LogP contribution is 2.29. The van der Waals surface area contributed by atoms with Gasteiger partial charge in [-0.25, -0.2) is 9.78 Å². The van der Waals surface area contributed by atoms with Crippen molar-refractivity contribution in [3.8, 4) is 17.2 Å². The molecule has 0 spiro atoms. The fraction of sp³-hybridized carbons (Fsp3) is 0.0526. The number of benzene rings is 3. The van der Waals surface area contributed by atoms with Crippen molar-refractivity contribution in [2.75, 3.05) is 7.11 Å². The van der Waals surface area contributed by atoms with E-state index >= 15 is 0 Å². The lowest BCUT2D eigenvalue weighted by Gasteiger charge is -2.01. The normalized spacial score (nSPS) is 11.0. The summed E-state index contributed by atoms with van der Waals surface area (Å²) in [6, 6.07) is 15.9. The highest BCUT2D eigenvalue weighted by Gasteiger charge is 2.12. The summed E-state index contributed by atoms with van der Waals surface area (Å²) in [5, 5.41) is 11.4. The van der Waals surface area contributed by atoms with Gasteiger partial charge in [0.1, 0.15) is 11.3 Å². The van der Waals surface area contributed by atoms with E-state index < -0.39 is 5.97 Å². The van der Waals surface area contributed by atoms with Gasteiger partial charge in [-0.05, 0) is 53.2 Å². The van der Waals surface area contributed by atoms with Gasteiger partial charge in [-0.2, -0.15) is 0 Å². The minimum atomic E-state index is -0.410. The second-order valence-electron chi connectivity index (χ2n) is 5.44. The van der Waals surface area contributed by atoms with Gasteiger partial charge in [0.05, 0.1) is 12.7 Å². The van der Waals surface area contributed by atoms with Crippen LogP contribution in [0.5, 0.6) is 5.75 Å². The summed E-state index contributed by atoms with van der Waals surface area (Å²) >= 11 is 0. The van der Waals surface area contributed by atoms with Crippen LogP contribution in [0.15, 0.2) is 59.0 Å². The first-order valence-electron chi connectivity index (χ1n) is 7.36. The van der Waals surface area contributed by atoms with Gasteiger partial charge in [-0.15, -0.1) is 0 Å². The molecule has 4 aromatic rings. The Morgan fingerprint density at radius 2 is 1.83 bits per heavy atom. The number of nitrogens with zero attached hydrogens (tertiary/aromatic N) is 1. The van der Waals surface area contributed by atoms with Crippen LogP contribution in [-0.4, -0.2) is 23.2 Å². The number of aromatic hydroxyl groups is 1. The van der Waals surface area contributed by atoms with E-state index in [1.165, 1.54) is 7.11 Å². The molecule has 0 saturated carbocycles. The summed E-state index contributed by atoms with van der Waals surface area (Å²) in [5.41, 5.74) is 2.45. The number of carbonyl (C=O) groups is 1. The fourth-order valence-electron chi connectivity index (χ4n) is 2.66. The number of hydrogen-bond acceptors (Lipinski definition) is 5. The Hall–Kier alpha value is -3.34. The molecule has 0 saturated heterocycles. The maximum absolute atomic E-state index is 11.6. The highest BCUT2D eigenvalue weighted by atomic mass is 16.5. The predicted octanol–water partition coefficient (Wildman–Crippen LogP) is 4.14. The quantitative estimate of drug-likeness (QED) is 0.562. The average molecular weight is 319 g/mol. The van der Waals surface area contributed by atoms with Crippen molar-refractivity contribution in [1.82, 2.24) is 4.98 Å². The number of rotatable bonds is 2. The molecule has 24 heavy (non-hydrogen) atoms. The molecule has 1 heterocycles. The van der Waals surface area contributed by atoms with Gasteiger partial charge >= 0.3 is 5.97 Å². The van der Waals surface area contributed by atoms with Gasteiger partial charge in [0.25, 0.3) is 0 Å². The molecule has 0 aliphatic heterocycles. The lowest BCUT2D eigenvalue weighted by atomic mass is 10.1. The van der Waals surface area contributed by atoms with Gasteiger partial charge < -0.3 is 14.3 Å². The number of phenolic OH excluding ortho intramolecular Hbond substituents is 1. The number of oxazole rings is 1. The van der Waals surface area contributed by atoms with Crippen LogP contribution in [0.3, 0.4) is 0 Å². The van der Waals surface area contributed by atoms with E-state index in [4.69, 9.17) is 9.15 Å². The van der Waals surface area contributed by atoms with Gasteiger partial charge in [-0.3, -0.25) is 0 Å². The first kappa shape index (κ1) is 14.3. The molecule has 0 aliphatic carbocycles. The third-order valence-electron chi connectivity index (χ3n) is 3.88. The number of carbonyl (C=O) groups excluding carboxylic acids is 1. The number of ether oxygens (including phenoxy) is 1. The van der Waals surface area contributed by atoms with E-state index in [0.717, 1.165) is 16.3 Å². The third kappa shape index (κ3) is 2.36. The summed E-state index contributed by atoms with van der Waals surface area (Å²) in [6.07, 6.45) is 0. The number of phenols is 1. The number of fused-ring (bicyclic) bond motifs is 2. The largest absolute Gasteiger partial charge is 0.508 e. The molecule has 5 heteroatoms. The smallest absolute Gasteiger partial charge is 0.337 e. The van der Waals surface area contributed by atoms with Crippen molar-refractivity contribution < 1.29 is 19.1 Å². The summed E-state index contributed by atoms with van der Waals surface area (Å²) in [7, 11) is 1.34. The predicted molar refractivity (Wildman–Crippen MR) is 90.0 cm³/mol. The van der Waals surface area contributed by atoms with Crippen LogP contribution in [-0.2, 0) is 4.74 Å². The van der Waals surface area contributed by atoms with E-state index in [1.807, 2.05) is 24.3 Å². The minimum Gasteiger partial charge on any atom is -0.508 e. The molecule has 0 unspecified atom stereocenters. The standard InChI is InChI=1S/C19H13NO4/c1-23-19(22)14-5-7-17-16(10-14)20-18(24-17)13-3-2-12-9-15(21)6-4-11(12)8-13/h2-10,21H,1H3. The number of hydrogen-bond donors (Lipinski definition) is 1. The SMILES string of the molecule is COC(=O)c1ccc2oc(-c3ccc4cc(O)ccc4c3)nc2c1. The molecular formula is C19H13NO4. The maximum atomic E-state index is 11.6. The third-order valence-corrected chi connectivity index (χ3v) is 3.88. The molecule has 0 atom stereocenters. The highest BCUT2D eigenvalue weighted by molar-refractivity contribution is 5.94. The molecule has 0 radical (unpaired) electrons. The van der Waals surface area contributed by atoms with E-state index in [9.17, 15) is 9.90 Å². The minimum absolute atomic E-state index is 0.229. The van der Waals surface area contributed by atoms with E-state index in [1.54, 1.807) is 30.3 Å². The van der Waals surface area contributed by atoms with Crippen molar-refractivity contribution in [2.45, 2.75) is 0 Å². The molecule has 0 aliphatic rings. The Balaban J connectivity index is 1.81. The molecular weight excluding hydrogens is 306 g/mol. The number of aromatic nitrogens is 1. The van der Waals surface area contributed by atoms with Crippen molar-refractivity contribution in [1.29, 1.82) is 0 Å². The van der Waals surface area contributed by atoms with Gasteiger partial charge in [0, 0.05) is 5.56 Å². The molecule has 5 nitrogen and oxygen atoms in total. The Morgan fingerprint density at radius 3 is 2.67 bits per heavy atom. The second-order valence-corrected chi connectivity index (χ2v) is 5.44. The zero-order valence-electron chi connectivity index (χ0n) is 12.8. The number of methoxy groups -OCH3 is 1. The summed E-state index contributed by atoms with van der Waals surface area (Å²) in [6.45, 7) is 0. The Morgan fingerprint density at radius 1 is 1.04 bits per heavy atom. The average Bonchev–Trinajstić information content (AvgIpc) is 3.03. The fourth-order valence-corrected chi connectivity index (χ4v) is 2.66. The second kappa shape index (κ2) is 5.38.